The van der Waals surface area contributed by atoms with E-state index in [2.05, 4.69) is 4.98 Å². The Balaban J connectivity index is 1.84. The molecule has 34 heavy (non-hydrogen) atoms. The smallest absolute Gasteiger partial charge is 0.300 e. The number of rotatable bonds is 7. The van der Waals surface area contributed by atoms with Crippen LogP contribution >= 0.6 is 0 Å². The molecule has 1 saturated heterocycles. The number of hydrogen-bond donors (Lipinski definition) is 1. The standard InChI is InChI=1S/C27H26N2O5/c1-4-33-21-9-7-8-19(16-21)29-24(22-10-5-6-15-28-22)23(26(31)27(29)32)25(30)18-11-13-20(14-12-18)34-17(2)3/h5-17,24,30H,4H2,1-3H3/b25-23+. The second-order valence-electron chi connectivity index (χ2n) is 8.05. The van der Waals surface area contributed by atoms with Crippen molar-refractivity contribution < 1.29 is 24.2 Å². The number of aliphatic hydroxyl groups is 1. The van der Waals surface area contributed by atoms with E-state index in [-0.39, 0.29) is 17.4 Å². The van der Waals surface area contributed by atoms with Crippen molar-refractivity contribution in [3.8, 4) is 11.5 Å². The van der Waals surface area contributed by atoms with Crippen molar-refractivity contribution in [2.24, 2.45) is 0 Å². The van der Waals surface area contributed by atoms with Gasteiger partial charge < -0.3 is 14.6 Å². The summed E-state index contributed by atoms with van der Waals surface area (Å²) >= 11 is 0. The molecule has 3 aromatic rings. The third-order valence-electron chi connectivity index (χ3n) is 5.32. The van der Waals surface area contributed by atoms with Crippen LogP contribution in [0.3, 0.4) is 0 Å². The molecule has 174 valence electrons. The lowest BCUT2D eigenvalue weighted by molar-refractivity contribution is -0.132. The average molecular weight is 459 g/mol. The fourth-order valence-electron chi connectivity index (χ4n) is 3.93. The van der Waals surface area contributed by atoms with E-state index >= 15 is 0 Å². The van der Waals surface area contributed by atoms with Gasteiger partial charge in [0, 0.05) is 23.5 Å². The average Bonchev–Trinajstić information content (AvgIpc) is 3.10. The van der Waals surface area contributed by atoms with Gasteiger partial charge in [0.25, 0.3) is 11.7 Å². The number of aliphatic hydroxyl groups excluding tert-OH is 1. The molecule has 1 atom stereocenters. The molecule has 0 saturated carbocycles. The lowest BCUT2D eigenvalue weighted by Gasteiger charge is -2.25. The summed E-state index contributed by atoms with van der Waals surface area (Å²) in [5.41, 5.74) is 1.31. The summed E-state index contributed by atoms with van der Waals surface area (Å²) in [5.74, 6) is -0.583. The third-order valence-corrected chi connectivity index (χ3v) is 5.32. The van der Waals surface area contributed by atoms with E-state index in [4.69, 9.17) is 9.47 Å². The summed E-state index contributed by atoms with van der Waals surface area (Å²) in [6.07, 6.45) is 1.59. The zero-order chi connectivity index (χ0) is 24.2. The molecule has 4 rings (SSSR count). The first-order valence-corrected chi connectivity index (χ1v) is 11.1. The molecule has 0 radical (unpaired) electrons. The van der Waals surface area contributed by atoms with Crippen LogP contribution in [0.15, 0.2) is 78.5 Å². The maximum absolute atomic E-state index is 13.2. The number of aromatic nitrogens is 1. The molecular formula is C27H26N2O5. The zero-order valence-corrected chi connectivity index (χ0v) is 19.3. The van der Waals surface area contributed by atoms with Crippen LogP contribution in [0.4, 0.5) is 5.69 Å². The van der Waals surface area contributed by atoms with Gasteiger partial charge in [0.15, 0.2) is 0 Å². The number of Topliss-reactive ketones (excluding diaryl/α,β-unsaturated/α-hetero) is 1. The van der Waals surface area contributed by atoms with Crippen LogP contribution in [0.1, 0.15) is 38.1 Å². The summed E-state index contributed by atoms with van der Waals surface area (Å²) < 4.78 is 11.2. The largest absolute Gasteiger partial charge is 0.507 e. The van der Waals surface area contributed by atoms with Crippen molar-refractivity contribution in [3.05, 3.63) is 89.8 Å². The molecule has 0 aliphatic carbocycles. The number of carbonyl (C=O) groups is 2. The first-order valence-electron chi connectivity index (χ1n) is 11.1. The fourth-order valence-corrected chi connectivity index (χ4v) is 3.93. The summed E-state index contributed by atoms with van der Waals surface area (Å²) in [6, 6.07) is 18.0. The maximum Gasteiger partial charge on any atom is 0.300 e. The Labute approximate surface area is 198 Å². The van der Waals surface area contributed by atoms with Crippen LogP contribution in [0.25, 0.3) is 5.76 Å². The van der Waals surface area contributed by atoms with E-state index in [9.17, 15) is 14.7 Å². The van der Waals surface area contributed by atoms with Gasteiger partial charge >= 0.3 is 0 Å². The van der Waals surface area contributed by atoms with Gasteiger partial charge in [0.2, 0.25) is 0 Å². The molecule has 1 fully saturated rings. The quantitative estimate of drug-likeness (QED) is 0.308. The minimum atomic E-state index is -0.898. The molecule has 2 heterocycles. The van der Waals surface area contributed by atoms with E-state index in [1.54, 1.807) is 72.9 Å². The number of ketones is 1. The second kappa shape index (κ2) is 9.79. The van der Waals surface area contributed by atoms with E-state index in [0.717, 1.165) is 0 Å². The first-order chi connectivity index (χ1) is 16.4. The molecule has 0 spiro atoms. The molecule has 0 bridgehead atoms. The number of hydrogen-bond acceptors (Lipinski definition) is 6. The van der Waals surface area contributed by atoms with Crippen molar-refractivity contribution >= 4 is 23.1 Å². The Bertz CT molecular complexity index is 1220. The molecular weight excluding hydrogens is 432 g/mol. The van der Waals surface area contributed by atoms with Gasteiger partial charge in [-0.25, -0.2) is 0 Å². The van der Waals surface area contributed by atoms with Crippen LogP contribution in [0.5, 0.6) is 11.5 Å². The molecule has 7 heteroatoms. The molecule has 2 aromatic carbocycles. The summed E-state index contributed by atoms with van der Waals surface area (Å²) in [4.78, 5) is 32.2. The highest BCUT2D eigenvalue weighted by Gasteiger charge is 2.47. The van der Waals surface area contributed by atoms with E-state index in [0.29, 0.717) is 35.1 Å². The second-order valence-corrected chi connectivity index (χ2v) is 8.05. The molecule has 1 aromatic heterocycles. The number of nitrogens with zero attached hydrogens (tertiary/aromatic N) is 2. The number of carbonyl (C=O) groups excluding carboxylic acids is 2. The number of ether oxygens (including phenoxy) is 2. The van der Waals surface area contributed by atoms with Gasteiger partial charge in [-0.2, -0.15) is 0 Å². The molecule has 7 nitrogen and oxygen atoms in total. The summed E-state index contributed by atoms with van der Waals surface area (Å²) in [7, 11) is 0. The Hall–Kier alpha value is -4.13. The van der Waals surface area contributed by atoms with Crippen LogP contribution < -0.4 is 14.4 Å². The number of anilines is 1. The monoisotopic (exact) mass is 458 g/mol. The topological polar surface area (TPSA) is 89.0 Å². The van der Waals surface area contributed by atoms with Gasteiger partial charge in [0.05, 0.1) is 24.0 Å². The van der Waals surface area contributed by atoms with Crippen molar-refractivity contribution in [2.45, 2.75) is 32.9 Å². The normalized spacial score (nSPS) is 17.3. The minimum Gasteiger partial charge on any atom is -0.507 e. The lowest BCUT2D eigenvalue weighted by Crippen LogP contribution is -2.29. The third kappa shape index (κ3) is 4.50. The van der Waals surface area contributed by atoms with E-state index in [1.807, 2.05) is 20.8 Å². The SMILES string of the molecule is CCOc1cccc(N2C(=O)C(=O)/C(=C(/O)c3ccc(OC(C)C)cc3)C2c2ccccn2)c1. The van der Waals surface area contributed by atoms with Crippen LogP contribution in [-0.2, 0) is 9.59 Å². The first kappa shape index (κ1) is 23.0. The van der Waals surface area contributed by atoms with Gasteiger partial charge in [-0.1, -0.05) is 12.1 Å². The Morgan fingerprint density at radius 3 is 2.44 bits per heavy atom. The molecule has 1 unspecified atom stereocenters. The molecule has 1 aliphatic rings. The van der Waals surface area contributed by atoms with E-state index in [1.165, 1.54) is 4.90 Å². The number of pyridine rings is 1. The Morgan fingerprint density at radius 2 is 1.79 bits per heavy atom. The Kier molecular flexibility index (Phi) is 6.63. The van der Waals surface area contributed by atoms with Crippen molar-refractivity contribution in [1.29, 1.82) is 0 Å². The number of amides is 1. The highest BCUT2D eigenvalue weighted by Crippen LogP contribution is 2.42. The van der Waals surface area contributed by atoms with Crippen molar-refractivity contribution in [3.63, 3.8) is 0 Å². The lowest BCUT2D eigenvalue weighted by atomic mass is 9.98. The van der Waals surface area contributed by atoms with Gasteiger partial charge in [-0.3, -0.25) is 19.5 Å². The van der Waals surface area contributed by atoms with Crippen LogP contribution in [0, 0.1) is 0 Å². The molecule has 1 aliphatic heterocycles. The minimum absolute atomic E-state index is 0.00128. The maximum atomic E-state index is 13.2. The van der Waals surface area contributed by atoms with E-state index < -0.39 is 17.7 Å². The van der Waals surface area contributed by atoms with Crippen molar-refractivity contribution in [1.82, 2.24) is 4.98 Å². The number of benzene rings is 2. The Morgan fingerprint density at radius 1 is 1.03 bits per heavy atom. The van der Waals surface area contributed by atoms with Gasteiger partial charge in [-0.15, -0.1) is 0 Å². The van der Waals surface area contributed by atoms with Crippen LogP contribution in [-0.4, -0.2) is 34.5 Å². The summed E-state index contributed by atoms with van der Waals surface area (Å²) in [6.45, 7) is 6.16. The molecule has 1 N–H and O–H groups in total. The molecule has 1 amide bonds. The summed E-state index contributed by atoms with van der Waals surface area (Å²) in [5, 5.41) is 11.2. The predicted octanol–water partition coefficient (Wildman–Crippen LogP) is 4.89. The zero-order valence-electron chi connectivity index (χ0n) is 19.3. The van der Waals surface area contributed by atoms with Crippen molar-refractivity contribution in [2.75, 3.05) is 11.5 Å². The predicted molar refractivity (Wildman–Crippen MR) is 129 cm³/mol. The highest BCUT2D eigenvalue weighted by atomic mass is 16.5. The van der Waals surface area contributed by atoms with Crippen LogP contribution in [0.2, 0.25) is 0 Å². The van der Waals surface area contributed by atoms with Gasteiger partial charge in [-0.05, 0) is 69.3 Å². The fraction of sp³-hybridized carbons (Fsp3) is 0.222. The highest BCUT2D eigenvalue weighted by molar-refractivity contribution is 6.51. The van der Waals surface area contributed by atoms with Gasteiger partial charge in [0.1, 0.15) is 23.3 Å².